The molecule has 3 nitrogen and oxygen atoms in total. The van der Waals surface area contributed by atoms with E-state index < -0.39 is 0 Å². The molecule has 0 spiro atoms. The molecule has 0 aromatic heterocycles. The van der Waals surface area contributed by atoms with Crippen molar-refractivity contribution >= 4 is 29.1 Å². The molecule has 1 rings (SSSR count). The van der Waals surface area contributed by atoms with E-state index in [0.29, 0.717) is 11.6 Å². The van der Waals surface area contributed by atoms with Crippen LogP contribution in [0.5, 0.6) is 0 Å². The van der Waals surface area contributed by atoms with Gasteiger partial charge in [0.1, 0.15) is 0 Å². The van der Waals surface area contributed by atoms with Crippen LogP contribution < -0.4 is 5.32 Å². The summed E-state index contributed by atoms with van der Waals surface area (Å²) in [6, 6.07) is -0.205. The summed E-state index contributed by atoms with van der Waals surface area (Å²) < 4.78 is 0. The number of rotatable bonds is 4. The fourth-order valence-electron chi connectivity index (χ4n) is 1.76. The van der Waals surface area contributed by atoms with Crippen molar-refractivity contribution in [1.82, 2.24) is 10.2 Å². The lowest BCUT2D eigenvalue weighted by molar-refractivity contribution is -0.133. The predicted molar refractivity (Wildman–Crippen MR) is 67.7 cm³/mol. The van der Waals surface area contributed by atoms with Gasteiger partial charge in [0.05, 0.1) is 6.04 Å². The number of halogens is 2. The summed E-state index contributed by atoms with van der Waals surface area (Å²) >= 11 is 11.2. The van der Waals surface area contributed by atoms with Gasteiger partial charge in [0, 0.05) is 30.2 Å². The van der Waals surface area contributed by atoms with Crippen molar-refractivity contribution in [2.75, 3.05) is 19.6 Å². The maximum absolute atomic E-state index is 12.0. The van der Waals surface area contributed by atoms with Crippen molar-refractivity contribution in [3.63, 3.8) is 0 Å². The van der Waals surface area contributed by atoms with Crippen LogP contribution in [-0.2, 0) is 4.79 Å². The fraction of sp³-hybridized carbons (Fsp3) is 0.727. The predicted octanol–water partition coefficient (Wildman–Crippen LogP) is 2.30. The fourth-order valence-corrected chi connectivity index (χ4v) is 1.92. The number of amides is 1. The van der Waals surface area contributed by atoms with E-state index in [2.05, 4.69) is 5.32 Å². The van der Waals surface area contributed by atoms with Gasteiger partial charge in [0.25, 0.3) is 0 Å². The topological polar surface area (TPSA) is 32.3 Å². The Kier molecular flexibility index (Phi) is 6.17. The number of nitrogens with zero attached hydrogens (tertiary/aromatic N) is 1. The molecule has 1 heterocycles. The van der Waals surface area contributed by atoms with Crippen molar-refractivity contribution in [1.29, 1.82) is 0 Å². The molecule has 1 aliphatic heterocycles. The molecule has 0 aromatic carbocycles. The quantitative estimate of drug-likeness (QED) is 0.845. The highest BCUT2D eigenvalue weighted by Gasteiger charge is 2.21. The Labute approximate surface area is 107 Å². The largest absolute Gasteiger partial charge is 0.341 e. The van der Waals surface area contributed by atoms with Crippen LogP contribution in [0.4, 0.5) is 0 Å². The van der Waals surface area contributed by atoms with E-state index in [-0.39, 0.29) is 11.9 Å². The van der Waals surface area contributed by atoms with Crippen LogP contribution in [0.3, 0.4) is 0 Å². The third-order valence-electron chi connectivity index (χ3n) is 2.73. The summed E-state index contributed by atoms with van der Waals surface area (Å²) in [4.78, 5) is 13.9. The molecule has 92 valence electrons. The minimum Gasteiger partial charge on any atom is -0.341 e. The average molecular weight is 265 g/mol. The molecule has 1 saturated heterocycles. The molecule has 1 atom stereocenters. The lowest BCUT2D eigenvalue weighted by Gasteiger charge is -2.29. The third-order valence-corrected chi connectivity index (χ3v) is 3.35. The zero-order valence-electron chi connectivity index (χ0n) is 9.51. The molecule has 1 aliphatic rings. The number of hydrogen-bond acceptors (Lipinski definition) is 2. The Morgan fingerprint density at radius 3 is 2.62 bits per heavy atom. The molecule has 5 heteroatoms. The molecule has 0 saturated carbocycles. The zero-order chi connectivity index (χ0) is 12.0. The number of nitrogens with one attached hydrogen (secondary N) is 1. The third kappa shape index (κ3) is 4.32. The molecule has 1 amide bonds. The first-order valence-corrected chi connectivity index (χ1v) is 6.43. The normalized spacial score (nSPS) is 19.7. The van der Waals surface area contributed by atoms with Crippen molar-refractivity contribution < 1.29 is 4.79 Å². The van der Waals surface area contributed by atoms with Gasteiger partial charge in [-0.1, -0.05) is 23.2 Å². The summed E-state index contributed by atoms with van der Waals surface area (Å²) in [5.41, 5.74) is 1.31. The minimum absolute atomic E-state index is 0.152. The van der Waals surface area contributed by atoms with Gasteiger partial charge >= 0.3 is 0 Å². The summed E-state index contributed by atoms with van der Waals surface area (Å²) in [7, 11) is 0. The lowest BCUT2D eigenvalue weighted by Crippen LogP contribution is -2.47. The average Bonchev–Trinajstić information content (AvgIpc) is 2.35. The first kappa shape index (κ1) is 13.8. The molecular formula is C11H18Cl2N2O. The van der Waals surface area contributed by atoms with E-state index in [1.807, 2.05) is 11.8 Å². The number of hydrogen-bond donors (Lipinski definition) is 1. The molecule has 0 bridgehead atoms. The van der Waals surface area contributed by atoms with Crippen LogP contribution in [0.15, 0.2) is 10.6 Å². The second-order valence-corrected chi connectivity index (χ2v) is 4.75. The Morgan fingerprint density at radius 2 is 2.06 bits per heavy atom. The summed E-state index contributed by atoms with van der Waals surface area (Å²) in [6.07, 6.45) is 3.45. The number of carbonyl (C=O) groups excluding carboxylic acids is 1. The molecular weight excluding hydrogens is 247 g/mol. The Bertz CT molecular complexity index is 263. The van der Waals surface area contributed by atoms with Gasteiger partial charge in [0.15, 0.2) is 0 Å². The second kappa shape index (κ2) is 7.15. The molecule has 1 fully saturated rings. The van der Waals surface area contributed by atoms with Gasteiger partial charge in [-0.2, -0.15) is 0 Å². The SMILES string of the molecule is CC(NCC(Cl)=CCl)C(=O)N1CCCCC1. The highest BCUT2D eigenvalue weighted by atomic mass is 35.5. The highest BCUT2D eigenvalue weighted by Crippen LogP contribution is 2.10. The maximum Gasteiger partial charge on any atom is 0.239 e. The van der Waals surface area contributed by atoms with E-state index in [0.717, 1.165) is 25.9 Å². The van der Waals surface area contributed by atoms with Crippen LogP contribution in [0.2, 0.25) is 0 Å². The molecule has 0 radical (unpaired) electrons. The van der Waals surface area contributed by atoms with Crippen LogP contribution in [-0.4, -0.2) is 36.5 Å². The maximum atomic E-state index is 12.0. The van der Waals surface area contributed by atoms with E-state index >= 15 is 0 Å². The monoisotopic (exact) mass is 264 g/mol. The van der Waals surface area contributed by atoms with Gasteiger partial charge in [-0.05, 0) is 26.2 Å². The molecule has 1 N–H and O–H groups in total. The number of carbonyl (C=O) groups is 1. The zero-order valence-corrected chi connectivity index (χ0v) is 11.0. The van der Waals surface area contributed by atoms with E-state index in [9.17, 15) is 4.79 Å². The standard InChI is InChI=1S/C11H18Cl2N2O/c1-9(14-8-10(13)7-12)11(16)15-5-3-2-4-6-15/h7,9,14H,2-6,8H2,1H3. The molecule has 0 aliphatic carbocycles. The number of piperidine rings is 1. The molecule has 16 heavy (non-hydrogen) atoms. The van der Waals surface area contributed by atoms with Gasteiger partial charge in [0.2, 0.25) is 5.91 Å². The van der Waals surface area contributed by atoms with Crippen molar-refractivity contribution in [3.05, 3.63) is 10.6 Å². The number of likely N-dealkylation sites (tertiary alicyclic amines) is 1. The van der Waals surface area contributed by atoms with Crippen molar-refractivity contribution in [3.8, 4) is 0 Å². The Balaban J connectivity index is 2.34. The van der Waals surface area contributed by atoms with E-state index in [1.54, 1.807) is 0 Å². The highest BCUT2D eigenvalue weighted by molar-refractivity contribution is 6.36. The van der Waals surface area contributed by atoms with Crippen LogP contribution in [0, 0.1) is 0 Å². The van der Waals surface area contributed by atoms with Gasteiger partial charge in [-0.25, -0.2) is 0 Å². The second-order valence-electron chi connectivity index (χ2n) is 4.04. The summed E-state index contributed by atoms with van der Waals surface area (Å²) in [6.45, 7) is 4.05. The van der Waals surface area contributed by atoms with Crippen molar-refractivity contribution in [2.24, 2.45) is 0 Å². The van der Waals surface area contributed by atoms with E-state index in [4.69, 9.17) is 23.2 Å². The Morgan fingerprint density at radius 1 is 1.44 bits per heavy atom. The Hall–Kier alpha value is -0.250. The van der Waals surface area contributed by atoms with Gasteiger partial charge < -0.3 is 10.2 Å². The lowest BCUT2D eigenvalue weighted by atomic mass is 10.1. The first-order valence-electron chi connectivity index (χ1n) is 5.62. The molecule has 0 aromatic rings. The van der Waals surface area contributed by atoms with Crippen LogP contribution >= 0.6 is 23.2 Å². The van der Waals surface area contributed by atoms with Crippen LogP contribution in [0.25, 0.3) is 0 Å². The van der Waals surface area contributed by atoms with Gasteiger partial charge in [-0.3, -0.25) is 4.79 Å². The summed E-state index contributed by atoms with van der Waals surface area (Å²) in [5.74, 6) is 0.152. The summed E-state index contributed by atoms with van der Waals surface area (Å²) in [5, 5.41) is 3.57. The minimum atomic E-state index is -0.205. The van der Waals surface area contributed by atoms with E-state index in [1.165, 1.54) is 12.0 Å². The smallest absolute Gasteiger partial charge is 0.239 e. The first-order chi connectivity index (χ1) is 7.65. The van der Waals surface area contributed by atoms with Crippen molar-refractivity contribution in [2.45, 2.75) is 32.2 Å². The van der Waals surface area contributed by atoms with Gasteiger partial charge in [-0.15, -0.1) is 0 Å². The van der Waals surface area contributed by atoms with Crippen LogP contribution in [0.1, 0.15) is 26.2 Å². The molecule has 1 unspecified atom stereocenters.